The van der Waals surface area contributed by atoms with Crippen LogP contribution in [-0.2, 0) is 10.0 Å². The van der Waals surface area contributed by atoms with Crippen molar-refractivity contribution in [1.29, 1.82) is 5.26 Å². The molecule has 0 unspecified atom stereocenters. The van der Waals surface area contributed by atoms with Crippen LogP contribution in [0, 0.1) is 17.1 Å². The third kappa shape index (κ3) is 2.23. The molecule has 0 radical (unpaired) electrons. The second-order valence-electron chi connectivity index (χ2n) is 3.35. The Kier molecular flexibility index (Phi) is 3.70. The van der Waals surface area contributed by atoms with E-state index in [0.717, 1.165) is 16.4 Å². The molecule has 0 aliphatic carbocycles. The minimum absolute atomic E-state index is 0.275. The van der Waals surface area contributed by atoms with Crippen LogP contribution in [0.25, 0.3) is 0 Å². The number of nitriles is 1. The van der Waals surface area contributed by atoms with Gasteiger partial charge < -0.3 is 4.74 Å². The first-order valence-electron chi connectivity index (χ1n) is 4.55. The number of ether oxygens (including phenoxy) is 1. The Morgan fingerprint density at radius 2 is 2.00 bits per heavy atom. The lowest BCUT2D eigenvalue weighted by molar-refractivity contribution is 0.383. The zero-order valence-corrected chi connectivity index (χ0v) is 10.4. The number of rotatable bonds is 3. The lowest BCUT2D eigenvalue weighted by atomic mass is 10.2. The highest BCUT2D eigenvalue weighted by atomic mass is 32.2. The molecule has 0 saturated heterocycles. The molecule has 0 atom stereocenters. The highest BCUT2D eigenvalue weighted by Crippen LogP contribution is 2.29. The Bertz CT molecular complexity index is 576. The summed E-state index contributed by atoms with van der Waals surface area (Å²) in [7, 11) is 0.0185. The molecule has 0 saturated carbocycles. The van der Waals surface area contributed by atoms with E-state index < -0.39 is 15.8 Å². The van der Waals surface area contributed by atoms with Crippen molar-refractivity contribution in [2.45, 2.75) is 4.90 Å². The van der Waals surface area contributed by atoms with Gasteiger partial charge in [0.15, 0.2) is 11.6 Å². The van der Waals surface area contributed by atoms with Gasteiger partial charge in [-0.25, -0.2) is 17.1 Å². The lowest BCUT2D eigenvalue weighted by Crippen LogP contribution is -2.23. The fourth-order valence-corrected chi connectivity index (χ4v) is 2.29. The summed E-state index contributed by atoms with van der Waals surface area (Å²) in [5.74, 6) is -1.14. The molecule has 0 amide bonds. The summed E-state index contributed by atoms with van der Waals surface area (Å²) in [5.41, 5.74) is -0.332. The minimum Gasteiger partial charge on any atom is -0.492 e. The van der Waals surface area contributed by atoms with Crippen molar-refractivity contribution in [3.63, 3.8) is 0 Å². The van der Waals surface area contributed by atoms with Crippen molar-refractivity contribution in [2.75, 3.05) is 21.2 Å². The molecule has 0 bridgehead atoms. The molecule has 0 aliphatic heterocycles. The van der Waals surface area contributed by atoms with Crippen LogP contribution in [-0.4, -0.2) is 33.9 Å². The monoisotopic (exact) mass is 258 g/mol. The van der Waals surface area contributed by atoms with Crippen LogP contribution in [0.3, 0.4) is 0 Å². The third-order valence-electron chi connectivity index (χ3n) is 2.15. The largest absolute Gasteiger partial charge is 0.492 e. The van der Waals surface area contributed by atoms with Gasteiger partial charge in [0.05, 0.1) is 7.11 Å². The number of halogens is 1. The topological polar surface area (TPSA) is 70.4 Å². The molecule has 0 fully saturated rings. The van der Waals surface area contributed by atoms with E-state index in [9.17, 15) is 12.8 Å². The summed E-state index contributed by atoms with van der Waals surface area (Å²) in [4.78, 5) is -0.275. The predicted molar refractivity (Wildman–Crippen MR) is 58.5 cm³/mol. The van der Waals surface area contributed by atoms with Gasteiger partial charge in [0.2, 0.25) is 10.0 Å². The molecule has 17 heavy (non-hydrogen) atoms. The third-order valence-corrected chi connectivity index (χ3v) is 4.00. The first-order valence-corrected chi connectivity index (χ1v) is 5.99. The smallest absolute Gasteiger partial charge is 0.244 e. The van der Waals surface area contributed by atoms with Gasteiger partial charge in [0.25, 0.3) is 0 Å². The molecular formula is C10H11FN2O3S. The first kappa shape index (κ1) is 13.4. The fourth-order valence-electron chi connectivity index (χ4n) is 1.26. The van der Waals surface area contributed by atoms with Crippen molar-refractivity contribution in [1.82, 2.24) is 4.31 Å². The van der Waals surface area contributed by atoms with Crippen LogP contribution in [0.15, 0.2) is 17.0 Å². The molecule has 0 heterocycles. The standard InChI is InChI=1S/C10H11FN2O3S/c1-13(2)17(14,15)9-5-4-8(11)10(16-3)7(9)6-12/h4-5H,1-3H3. The molecule has 5 nitrogen and oxygen atoms in total. The van der Waals surface area contributed by atoms with E-state index in [2.05, 4.69) is 0 Å². The van der Waals surface area contributed by atoms with Gasteiger partial charge >= 0.3 is 0 Å². The molecule has 92 valence electrons. The summed E-state index contributed by atoms with van der Waals surface area (Å²) in [6.07, 6.45) is 0. The molecule has 1 aromatic rings. The molecule has 0 aliphatic rings. The van der Waals surface area contributed by atoms with Crippen molar-refractivity contribution in [2.24, 2.45) is 0 Å². The molecule has 0 aromatic heterocycles. The summed E-state index contributed by atoms with van der Waals surface area (Å²) >= 11 is 0. The lowest BCUT2D eigenvalue weighted by Gasteiger charge is -2.14. The zero-order chi connectivity index (χ0) is 13.2. The van der Waals surface area contributed by atoms with Crippen molar-refractivity contribution < 1.29 is 17.5 Å². The Hall–Kier alpha value is -1.65. The number of hydrogen-bond acceptors (Lipinski definition) is 4. The molecular weight excluding hydrogens is 247 g/mol. The van der Waals surface area contributed by atoms with E-state index in [-0.39, 0.29) is 16.2 Å². The van der Waals surface area contributed by atoms with Crippen LogP contribution in [0.4, 0.5) is 4.39 Å². The molecule has 1 aromatic carbocycles. The summed E-state index contributed by atoms with van der Waals surface area (Å²) in [5, 5.41) is 8.92. The van der Waals surface area contributed by atoms with Crippen molar-refractivity contribution in [3.8, 4) is 11.8 Å². The number of nitrogens with zero attached hydrogens (tertiary/aromatic N) is 2. The van der Waals surface area contributed by atoms with Crippen LogP contribution in [0.2, 0.25) is 0 Å². The predicted octanol–water partition coefficient (Wildman–Crippen LogP) is 0.956. The van der Waals surface area contributed by atoms with Crippen LogP contribution in [0.5, 0.6) is 5.75 Å². The average Bonchev–Trinajstić information content (AvgIpc) is 2.27. The summed E-state index contributed by atoms with van der Waals surface area (Å²) in [6.45, 7) is 0. The van der Waals surface area contributed by atoms with E-state index in [1.807, 2.05) is 0 Å². The average molecular weight is 258 g/mol. The van der Waals surface area contributed by atoms with E-state index in [1.54, 1.807) is 6.07 Å². The summed E-state index contributed by atoms with van der Waals surface area (Å²) < 4.78 is 42.7. The number of hydrogen-bond donors (Lipinski definition) is 0. The zero-order valence-electron chi connectivity index (χ0n) is 9.56. The number of sulfonamides is 1. The van der Waals surface area contributed by atoms with E-state index in [1.165, 1.54) is 21.2 Å². The maximum atomic E-state index is 13.3. The van der Waals surface area contributed by atoms with Gasteiger partial charge in [-0.1, -0.05) is 0 Å². The van der Waals surface area contributed by atoms with Crippen molar-refractivity contribution in [3.05, 3.63) is 23.5 Å². The molecule has 0 spiro atoms. The Morgan fingerprint density at radius 1 is 1.41 bits per heavy atom. The fraction of sp³-hybridized carbons (Fsp3) is 0.300. The molecule has 0 N–H and O–H groups in total. The Balaban J connectivity index is 3.64. The van der Waals surface area contributed by atoms with Crippen LogP contribution >= 0.6 is 0 Å². The SMILES string of the molecule is COc1c(F)ccc(S(=O)(=O)N(C)C)c1C#N. The molecule has 7 heteroatoms. The Morgan fingerprint density at radius 3 is 2.41 bits per heavy atom. The van der Waals surface area contributed by atoms with Gasteiger partial charge in [-0.3, -0.25) is 0 Å². The van der Waals surface area contributed by atoms with Crippen LogP contribution in [0.1, 0.15) is 5.56 Å². The minimum atomic E-state index is -3.80. The maximum Gasteiger partial charge on any atom is 0.244 e. The second kappa shape index (κ2) is 4.69. The van der Waals surface area contributed by atoms with Gasteiger partial charge in [-0.05, 0) is 12.1 Å². The second-order valence-corrected chi connectivity index (χ2v) is 5.47. The Labute approximate surface area is 99.1 Å². The van der Waals surface area contributed by atoms with E-state index in [4.69, 9.17) is 10.00 Å². The van der Waals surface area contributed by atoms with Gasteiger partial charge in [0.1, 0.15) is 16.5 Å². The number of benzene rings is 1. The van der Waals surface area contributed by atoms with Gasteiger partial charge in [-0.15, -0.1) is 0 Å². The maximum absolute atomic E-state index is 13.3. The van der Waals surface area contributed by atoms with Crippen molar-refractivity contribution >= 4 is 10.0 Å². The van der Waals surface area contributed by atoms with E-state index in [0.29, 0.717) is 0 Å². The van der Waals surface area contributed by atoms with Gasteiger partial charge in [-0.2, -0.15) is 5.26 Å². The number of methoxy groups -OCH3 is 1. The molecule has 1 rings (SSSR count). The van der Waals surface area contributed by atoms with E-state index >= 15 is 0 Å². The normalized spacial score (nSPS) is 11.3. The summed E-state index contributed by atoms with van der Waals surface area (Å²) in [6, 6.07) is 3.65. The highest BCUT2D eigenvalue weighted by molar-refractivity contribution is 7.89. The quantitative estimate of drug-likeness (QED) is 0.809. The first-order chi connectivity index (χ1) is 7.86. The van der Waals surface area contributed by atoms with Crippen LogP contribution < -0.4 is 4.74 Å². The highest BCUT2D eigenvalue weighted by Gasteiger charge is 2.25. The van der Waals surface area contributed by atoms with Gasteiger partial charge in [0, 0.05) is 14.1 Å².